The molecule has 1 aliphatic carbocycles. The van der Waals surface area contributed by atoms with Gasteiger partial charge in [0.1, 0.15) is 6.04 Å². The van der Waals surface area contributed by atoms with Gasteiger partial charge in [0.15, 0.2) is 0 Å². The number of β-amino-alcohol motifs (C(OH)–C–C–N with tert-alkyl or cyclic N) is 1. The van der Waals surface area contributed by atoms with Gasteiger partial charge < -0.3 is 14.9 Å². The van der Waals surface area contributed by atoms with Gasteiger partial charge in [-0.2, -0.15) is 5.26 Å². The molecular weight excluding hydrogens is 318 g/mol. The zero-order valence-corrected chi connectivity index (χ0v) is 14.4. The van der Waals surface area contributed by atoms with E-state index < -0.39 is 12.1 Å². The number of nitrogens with zero attached hydrogens (tertiary/aromatic N) is 3. The number of benzene rings is 1. The zero-order chi connectivity index (χ0) is 18.0. The van der Waals surface area contributed by atoms with Gasteiger partial charge >= 0.3 is 0 Å². The third-order valence-electron chi connectivity index (χ3n) is 5.11. The van der Waals surface area contributed by atoms with E-state index in [4.69, 9.17) is 5.26 Å². The number of hydrogen-bond donors (Lipinski definition) is 1. The fourth-order valence-electron chi connectivity index (χ4n) is 3.73. The van der Waals surface area contributed by atoms with Gasteiger partial charge in [-0.05, 0) is 42.5 Å². The van der Waals surface area contributed by atoms with E-state index in [2.05, 4.69) is 0 Å². The molecule has 1 N–H and O–H groups in total. The number of aliphatic hydroxyl groups is 1. The van der Waals surface area contributed by atoms with E-state index in [0.717, 1.165) is 19.3 Å². The molecule has 1 aromatic carbocycles. The first-order chi connectivity index (χ1) is 12.0. The maximum Gasteiger partial charge on any atom is 0.254 e. The molecule has 25 heavy (non-hydrogen) atoms. The normalized spacial score (nSPS) is 21.7. The molecule has 1 fully saturated rings. The molecule has 1 aliphatic heterocycles. The first-order valence-corrected chi connectivity index (χ1v) is 8.74. The van der Waals surface area contributed by atoms with Crippen LogP contribution in [0.2, 0.25) is 0 Å². The second kappa shape index (κ2) is 7.24. The molecule has 0 radical (unpaired) electrons. The number of likely N-dealkylation sites (N-methyl/N-ethyl adjacent to an activating group) is 1. The van der Waals surface area contributed by atoms with E-state index in [1.165, 1.54) is 20.9 Å². The van der Waals surface area contributed by atoms with Crippen LogP contribution in [0.5, 0.6) is 0 Å². The minimum absolute atomic E-state index is 0.165. The monoisotopic (exact) mass is 341 g/mol. The predicted molar refractivity (Wildman–Crippen MR) is 91.8 cm³/mol. The Balaban J connectivity index is 1.78. The zero-order valence-electron chi connectivity index (χ0n) is 14.4. The lowest BCUT2D eigenvalue weighted by Crippen LogP contribution is -2.46. The molecular formula is C19H23N3O3. The van der Waals surface area contributed by atoms with Crippen LogP contribution in [-0.4, -0.2) is 59.0 Å². The third kappa shape index (κ3) is 3.52. The lowest BCUT2D eigenvalue weighted by Gasteiger charge is -2.27. The van der Waals surface area contributed by atoms with E-state index in [9.17, 15) is 14.7 Å². The Morgan fingerprint density at radius 2 is 2.12 bits per heavy atom. The smallest absolute Gasteiger partial charge is 0.254 e. The molecule has 2 amide bonds. The van der Waals surface area contributed by atoms with E-state index in [1.54, 1.807) is 7.05 Å². The van der Waals surface area contributed by atoms with Crippen molar-refractivity contribution in [1.82, 2.24) is 9.80 Å². The number of likely N-dealkylation sites (tertiary alicyclic amines) is 1. The number of nitriles is 1. The SMILES string of the molecule is CN(CCC#N)C(=O)C1CC(O)CN1C(=O)c1ccc2c(c1)CCC2. The molecule has 0 bridgehead atoms. The summed E-state index contributed by atoms with van der Waals surface area (Å²) in [6, 6.07) is 7.09. The highest BCUT2D eigenvalue weighted by Gasteiger charge is 2.40. The van der Waals surface area contributed by atoms with Crippen molar-refractivity contribution in [2.45, 2.75) is 44.2 Å². The van der Waals surface area contributed by atoms with Crippen LogP contribution in [0.3, 0.4) is 0 Å². The lowest BCUT2D eigenvalue weighted by molar-refractivity contribution is -0.134. The average Bonchev–Trinajstić information content (AvgIpc) is 3.23. The molecule has 3 rings (SSSR count). The highest BCUT2D eigenvalue weighted by atomic mass is 16.3. The topological polar surface area (TPSA) is 84.6 Å². The number of aryl methyl sites for hydroxylation is 2. The highest BCUT2D eigenvalue weighted by molar-refractivity contribution is 5.98. The first kappa shape index (κ1) is 17.4. The van der Waals surface area contributed by atoms with Gasteiger partial charge in [-0.25, -0.2) is 0 Å². The fraction of sp³-hybridized carbons (Fsp3) is 0.526. The van der Waals surface area contributed by atoms with E-state index in [-0.39, 0.29) is 31.2 Å². The van der Waals surface area contributed by atoms with Crippen LogP contribution in [0.1, 0.15) is 40.7 Å². The third-order valence-corrected chi connectivity index (χ3v) is 5.11. The first-order valence-electron chi connectivity index (χ1n) is 8.74. The Bertz CT molecular complexity index is 725. The summed E-state index contributed by atoms with van der Waals surface area (Å²) >= 11 is 0. The maximum absolute atomic E-state index is 12.9. The second-order valence-corrected chi connectivity index (χ2v) is 6.87. The molecule has 132 valence electrons. The van der Waals surface area contributed by atoms with Crippen molar-refractivity contribution in [3.05, 3.63) is 34.9 Å². The summed E-state index contributed by atoms with van der Waals surface area (Å²) in [5, 5.41) is 18.7. The van der Waals surface area contributed by atoms with Gasteiger partial charge in [0.25, 0.3) is 5.91 Å². The highest BCUT2D eigenvalue weighted by Crippen LogP contribution is 2.26. The largest absolute Gasteiger partial charge is 0.391 e. The molecule has 0 saturated carbocycles. The summed E-state index contributed by atoms with van der Waals surface area (Å²) in [7, 11) is 1.63. The van der Waals surface area contributed by atoms with Crippen LogP contribution < -0.4 is 0 Å². The molecule has 2 aliphatic rings. The van der Waals surface area contributed by atoms with Crippen LogP contribution >= 0.6 is 0 Å². The summed E-state index contributed by atoms with van der Waals surface area (Å²) in [6.07, 6.45) is 2.94. The number of fused-ring (bicyclic) bond motifs is 1. The molecule has 2 atom stereocenters. The summed E-state index contributed by atoms with van der Waals surface area (Å²) in [4.78, 5) is 28.5. The van der Waals surface area contributed by atoms with Crippen LogP contribution in [0, 0.1) is 11.3 Å². The Hall–Kier alpha value is -2.39. The summed E-state index contributed by atoms with van der Waals surface area (Å²) in [5.41, 5.74) is 3.08. The van der Waals surface area contributed by atoms with Gasteiger partial charge in [0, 0.05) is 32.1 Å². The molecule has 1 heterocycles. The van der Waals surface area contributed by atoms with Crippen molar-refractivity contribution in [3.8, 4) is 6.07 Å². The molecule has 6 heteroatoms. The number of rotatable bonds is 4. The number of amides is 2. The van der Waals surface area contributed by atoms with E-state index in [0.29, 0.717) is 12.1 Å². The molecule has 6 nitrogen and oxygen atoms in total. The van der Waals surface area contributed by atoms with Crippen molar-refractivity contribution in [1.29, 1.82) is 5.26 Å². The average molecular weight is 341 g/mol. The van der Waals surface area contributed by atoms with Gasteiger partial charge in [-0.15, -0.1) is 0 Å². The number of carbonyl (C=O) groups excluding carboxylic acids is 2. The molecule has 1 saturated heterocycles. The number of carbonyl (C=O) groups is 2. The minimum Gasteiger partial charge on any atom is -0.391 e. The fourth-order valence-corrected chi connectivity index (χ4v) is 3.73. The number of aliphatic hydroxyl groups excluding tert-OH is 1. The quantitative estimate of drug-likeness (QED) is 0.889. The second-order valence-electron chi connectivity index (χ2n) is 6.87. The summed E-state index contributed by atoms with van der Waals surface area (Å²) in [6.45, 7) is 0.487. The number of hydrogen-bond acceptors (Lipinski definition) is 4. The van der Waals surface area contributed by atoms with Gasteiger partial charge in [0.2, 0.25) is 5.91 Å². The van der Waals surface area contributed by atoms with Gasteiger partial charge in [-0.3, -0.25) is 9.59 Å². The molecule has 2 unspecified atom stereocenters. The molecule has 1 aromatic rings. The van der Waals surface area contributed by atoms with Gasteiger partial charge in [0.05, 0.1) is 18.6 Å². The van der Waals surface area contributed by atoms with Crippen molar-refractivity contribution in [2.24, 2.45) is 0 Å². The molecule has 0 spiro atoms. The van der Waals surface area contributed by atoms with Crippen molar-refractivity contribution in [3.63, 3.8) is 0 Å². The predicted octanol–water partition coefficient (Wildman–Crippen LogP) is 1.12. The Morgan fingerprint density at radius 3 is 2.88 bits per heavy atom. The summed E-state index contributed by atoms with van der Waals surface area (Å²) in [5.74, 6) is -0.431. The van der Waals surface area contributed by atoms with E-state index in [1.807, 2.05) is 24.3 Å². The maximum atomic E-state index is 12.9. The lowest BCUT2D eigenvalue weighted by atomic mass is 10.0. The molecule has 0 aromatic heterocycles. The van der Waals surface area contributed by atoms with Crippen LogP contribution in [-0.2, 0) is 17.6 Å². The van der Waals surface area contributed by atoms with E-state index >= 15 is 0 Å². The Morgan fingerprint density at radius 1 is 1.36 bits per heavy atom. The summed E-state index contributed by atoms with van der Waals surface area (Å²) < 4.78 is 0. The van der Waals surface area contributed by atoms with Crippen molar-refractivity contribution < 1.29 is 14.7 Å². The Labute approximate surface area is 147 Å². The van der Waals surface area contributed by atoms with Crippen LogP contribution in [0.4, 0.5) is 0 Å². The van der Waals surface area contributed by atoms with Gasteiger partial charge in [-0.1, -0.05) is 6.07 Å². The standard InChI is InChI=1S/C19H23N3O3/c1-21(9-3-8-20)19(25)17-11-16(23)12-22(17)18(24)15-7-6-13-4-2-5-14(13)10-15/h6-7,10,16-17,23H,2-5,9,11-12H2,1H3. The minimum atomic E-state index is -0.698. The van der Waals surface area contributed by atoms with Crippen LogP contribution in [0.25, 0.3) is 0 Å². The van der Waals surface area contributed by atoms with Crippen molar-refractivity contribution >= 4 is 11.8 Å². The van der Waals surface area contributed by atoms with Crippen LogP contribution in [0.15, 0.2) is 18.2 Å². The Kier molecular flexibility index (Phi) is 5.05. The van der Waals surface area contributed by atoms with Crippen molar-refractivity contribution in [2.75, 3.05) is 20.1 Å².